The fourth-order valence-corrected chi connectivity index (χ4v) is 4.60. The predicted octanol–water partition coefficient (Wildman–Crippen LogP) is 5.48. The van der Waals surface area contributed by atoms with Crippen molar-refractivity contribution >= 4 is 21.8 Å². The van der Waals surface area contributed by atoms with Gasteiger partial charge in [-0.05, 0) is 54.7 Å². The van der Waals surface area contributed by atoms with Gasteiger partial charge in [0.2, 0.25) is 6.33 Å². The lowest BCUT2D eigenvalue weighted by Crippen LogP contribution is -2.33. The summed E-state index contributed by atoms with van der Waals surface area (Å²) in [7, 11) is 0. The predicted molar refractivity (Wildman–Crippen MR) is 102 cm³/mol. The molecule has 3 aromatic carbocycles. The number of fused-ring (bicyclic) bond motifs is 3. The van der Waals surface area contributed by atoms with Gasteiger partial charge in [-0.15, -0.1) is 0 Å². The number of rotatable bonds is 1. The van der Waals surface area contributed by atoms with E-state index in [9.17, 15) is 0 Å². The van der Waals surface area contributed by atoms with Crippen LogP contribution in [0.25, 0.3) is 27.5 Å². The van der Waals surface area contributed by atoms with Crippen molar-refractivity contribution in [1.82, 2.24) is 4.57 Å². The fraction of sp³-hybridized carbons (Fsp3) is 0.261. The summed E-state index contributed by atoms with van der Waals surface area (Å²) < 4.78 is 10.9. The van der Waals surface area contributed by atoms with Crippen LogP contribution in [0.3, 0.4) is 0 Å². The van der Waals surface area contributed by atoms with E-state index in [0.717, 1.165) is 22.7 Å². The molecule has 0 unspecified atom stereocenters. The zero-order chi connectivity index (χ0) is 17.1. The van der Waals surface area contributed by atoms with Crippen molar-refractivity contribution in [2.24, 2.45) is 0 Å². The molecule has 6 rings (SSSR count). The van der Waals surface area contributed by atoms with Gasteiger partial charge in [-0.25, -0.2) is 0 Å². The van der Waals surface area contributed by atoms with Gasteiger partial charge in [0.25, 0.3) is 0 Å². The Morgan fingerprint density at radius 1 is 0.885 bits per heavy atom. The van der Waals surface area contributed by atoms with Crippen molar-refractivity contribution in [3.8, 4) is 17.2 Å². The second kappa shape index (κ2) is 5.34. The lowest BCUT2D eigenvalue weighted by Gasteiger charge is -2.21. The summed E-state index contributed by atoms with van der Waals surface area (Å²) in [6.45, 7) is 0. The Labute approximate surface area is 152 Å². The monoisotopic (exact) mass is 340 g/mol. The first-order chi connectivity index (χ1) is 12.9. The van der Waals surface area contributed by atoms with Crippen LogP contribution in [0.4, 0.5) is 0 Å². The second-order valence-corrected chi connectivity index (χ2v) is 7.49. The minimum Gasteiger partial charge on any atom is -0.469 e. The largest absolute Gasteiger partial charge is 0.469 e. The topological polar surface area (TPSA) is 18.0 Å². The normalized spacial score (nSPS) is 16.6. The van der Waals surface area contributed by atoms with E-state index in [-0.39, 0.29) is 0 Å². The Morgan fingerprint density at radius 3 is 2.54 bits per heavy atom. The van der Waals surface area contributed by atoms with Gasteiger partial charge in [0.1, 0.15) is 11.5 Å². The van der Waals surface area contributed by atoms with Gasteiger partial charge in [0, 0.05) is 0 Å². The average Bonchev–Trinajstić information content (AvgIpc) is 3.09. The fourth-order valence-electron chi connectivity index (χ4n) is 4.60. The average molecular weight is 340 g/mol. The summed E-state index contributed by atoms with van der Waals surface area (Å²) >= 11 is 0. The van der Waals surface area contributed by atoms with Gasteiger partial charge in [0.15, 0.2) is 0 Å². The minimum absolute atomic E-state index is 0.546. The summed E-state index contributed by atoms with van der Waals surface area (Å²) in [4.78, 5) is 0. The van der Waals surface area contributed by atoms with Crippen molar-refractivity contribution in [3.63, 3.8) is 0 Å². The van der Waals surface area contributed by atoms with Crippen LogP contribution < -0.4 is 9.30 Å². The first kappa shape index (κ1) is 14.4. The Bertz CT molecular complexity index is 1150. The summed E-state index contributed by atoms with van der Waals surface area (Å²) in [5, 5.41) is 2.43. The van der Waals surface area contributed by atoms with E-state index in [1.54, 1.807) is 0 Å². The van der Waals surface area contributed by atoms with Gasteiger partial charge in [0.05, 0.1) is 22.8 Å². The first-order valence-corrected chi connectivity index (χ1v) is 9.58. The molecule has 1 aromatic heterocycles. The highest BCUT2D eigenvalue weighted by Crippen LogP contribution is 2.39. The molecule has 0 N–H and O–H groups in total. The maximum Gasteiger partial charge on any atom is 0.244 e. The van der Waals surface area contributed by atoms with E-state index in [4.69, 9.17) is 4.74 Å². The van der Waals surface area contributed by atoms with Crippen LogP contribution in [0.15, 0.2) is 54.6 Å². The third kappa shape index (κ3) is 1.97. The van der Waals surface area contributed by atoms with Crippen LogP contribution >= 0.6 is 0 Å². The summed E-state index contributed by atoms with van der Waals surface area (Å²) in [6, 6.07) is 19.7. The molecule has 2 heterocycles. The zero-order valence-corrected chi connectivity index (χ0v) is 14.6. The van der Waals surface area contributed by atoms with Crippen LogP contribution in [0, 0.1) is 6.33 Å². The Balaban J connectivity index is 1.63. The van der Waals surface area contributed by atoms with Crippen LogP contribution in [0.5, 0.6) is 11.5 Å². The lowest BCUT2D eigenvalue weighted by atomic mass is 9.95. The van der Waals surface area contributed by atoms with E-state index >= 15 is 0 Å². The zero-order valence-electron chi connectivity index (χ0n) is 14.6. The molecule has 3 nitrogen and oxygen atoms in total. The molecule has 2 aliphatic rings. The van der Waals surface area contributed by atoms with Crippen molar-refractivity contribution in [3.05, 3.63) is 60.9 Å². The highest BCUT2D eigenvalue weighted by Gasteiger charge is 2.26. The smallest absolute Gasteiger partial charge is 0.244 e. The number of benzene rings is 3. The van der Waals surface area contributed by atoms with E-state index in [0.29, 0.717) is 6.04 Å². The van der Waals surface area contributed by atoms with Gasteiger partial charge in [-0.2, -0.15) is 0 Å². The van der Waals surface area contributed by atoms with Crippen LogP contribution in [-0.2, 0) is 0 Å². The number of imidazole rings is 1. The molecule has 0 bridgehead atoms. The van der Waals surface area contributed by atoms with E-state index in [1.165, 1.54) is 48.4 Å². The Morgan fingerprint density at radius 2 is 1.69 bits per heavy atom. The third-order valence-corrected chi connectivity index (χ3v) is 5.90. The van der Waals surface area contributed by atoms with Gasteiger partial charge >= 0.3 is 0 Å². The maximum absolute atomic E-state index is 6.30. The van der Waals surface area contributed by atoms with E-state index < -0.39 is 0 Å². The van der Waals surface area contributed by atoms with Crippen molar-refractivity contribution in [2.75, 3.05) is 0 Å². The van der Waals surface area contributed by atoms with Crippen LogP contribution in [0.2, 0.25) is 0 Å². The molecule has 26 heavy (non-hydrogen) atoms. The highest BCUT2D eigenvalue weighted by molar-refractivity contribution is 5.88. The molecule has 1 aliphatic carbocycles. The Kier molecular flexibility index (Phi) is 2.95. The highest BCUT2D eigenvalue weighted by atomic mass is 16.5. The van der Waals surface area contributed by atoms with Crippen molar-refractivity contribution in [2.45, 2.75) is 38.1 Å². The van der Waals surface area contributed by atoms with E-state index in [2.05, 4.69) is 70.1 Å². The molecule has 1 saturated carbocycles. The SMILES string of the molecule is [c-]1n(C2CCCCC2)c2cccc3c2[n+]1-c1cc2ccccc2cc1O3. The summed E-state index contributed by atoms with van der Waals surface area (Å²) in [6.07, 6.45) is 10.2. The molecule has 0 radical (unpaired) electrons. The first-order valence-electron chi connectivity index (χ1n) is 9.58. The standard InChI is InChI=1S/C23H20N2O/c1-2-9-18(10-3-1)24-15-25-20-13-16-7-4-5-8-17(16)14-22(20)26-21-12-6-11-19(24)23(21)25/h4-8,11-14,18H,1-3,9-10H2. The van der Waals surface area contributed by atoms with Crippen LogP contribution in [-0.4, -0.2) is 4.57 Å². The molecule has 1 fully saturated rings. The van der Waals surface area contributed by atoms with Gasteiger partial charge in [-0.1, -0.05) is 42.8 Å². The number of hydrogen-bond donors (Lipinski definition) is 0. The number of ether oxygens (including phenoxy) is 1. The third-order valence-electron chi connectivity index (χ3n) is 5.90. The molecule has 3 heteroatoms. The summed E-state index contributed by atoms with van der Waals surface area (Å²) in [5.41, 5.74) is 3.45. The number of hydrogen-bond acceptors (Lipinski definition) is 1. The molecule has 4 aromatic rings. The Hall–Kier alpha value is -2.81. The van der Waals surface area contributed by atoms with E-state index in [1.807, 2.05) is 0 Å². The number of aromatic nitrogens is 2. The number of para-hydroxylation sites is 1. The molecule has 0 amide bonds. The summed E-state index contributed by atoms with van der Waals surface area (Å²) in [5.74, 6) is 1.84. The molecular weight excluding hydrogens is 320 g/mol. The van der Waals surface area contributed by atoms with Crippen molar-refractivity contribution < 1.29 is 9.30 Å². The molecule has 1 aliphatic heterocycles. The number of nitrogens with zero attached hydrogens (tertiary/aromatic N) is 2. The quantitative estimate of drug-likeness (QED) is 0.292. The molecular formula is C23H20N2O. The molecule has 0 atom stereocenters. The van der Waals surface area contributed by atoms with Crippen LogP contribution in [0.1, 0.15) is 38.1 Å². The maximum atomic E-state index is 6.30. The van der Waals surface area contributed by atoms with Gasteiger partial charge in [-0.3, -0.25) is 0 Å². The lowest BCUT2D eigenvalue weighted by molar-refractivity contribution is -0.575. The second-order valence-electron chi connectivity index (χ2n) is 7.49. The molecule has 0 saturated heterocycles. The van der Waals surface area contributed by atoms with Gasteiger partial charge < -0.3 is 13.9 Å². The minimum atomic E-state index is 0.546. The molecule has 128 valence electrons. The molecule has 0 spiro atoms. The van der Waals surface area contributed by atoms with Crippen molar-refractivity contribution in [1.29, 1.82) is 0 Å².